The van der Waals surface area contributed by atoms with Crippen molar-refractivity contribution < 1.29 is 4.79 Å². The highest BCUT2D eigenvalue weighted by atomic mass is 35.5. The molecule has 1 aliphatic rings. The van der Waals surface area contributed by atoms with Crippen LogP contribution in [0.25, 0.3) is 0 Å². The molecule has 3 heteroatoms. The third-order valence-electron chi connectivity index (χ3n) is 2.52. The summed E-state index contributed by atoms with van der Waals surface area (Å²) in [4.78, 5) is 11.3. The van der Waals surface area contributed by atoms with E-state index in [9.17, 15) is 4.79 Å². The number of hydrogen-bond acceptors (Lipinski definition) is 1. The third kappa shape index (κ3) is 3.99. The van der Waals surface area contributed by atoms with E-state index in [4.69, 9.17) is 11.6 Å². The molecule has 2 nitrogen and oxygen atoms in total. The van der Waals surface area contributed by atoms with Gasteiger partial charge in [-0.15, -0.1) is 11.6 Å². The van der Waals surface area contributed by atoms with Crippen molar-refractivity contribution in [3.63, 3.8) is 0 Å². The highest BCUT2D eigenvalue weighted by Crippen LogP contribution is 2.34. The Bertz CT molecular complexity index is 178. The van der Waals surface area contributed by atoms with Crippen molar-refractivity contribution in [2.24, 2.45) is 5.92 Å². The molecule has 0 heterocycles. The number of halogens is 1. The van der Waals surface area contributed by atoms with Crippen molar-refractivity contribution in [3.8, 4) is 0 Å². The number of alkyl halides is 1. The Balaban J connectivity index is 2.25. The smallest absolute Gasteiger partial charge is 0.237 e. The lowest BCUT2D eigenvalue weighted by molar-refractivity contribution is -0.121. The first kappa shape index (κ1) is 10.8. The van der Waals surface area contributed by atoms with Crippen LogP contribution in [0.3, 0.4) is 0 Å². The van der Waals surface area contributed by atoms with E-state index in [0.717, 1.165) is 18.8 Å². The number of hydrogen-bond donors (Lipinski definition) is 1. The summed E-state index contributed by atoms with van der Waals surface area (Å²) in [6.07, 6.45) is 4.81. The van der Waals surface area contributed by atoms with Crippen LogP contribution in [-0.2, 0) is 4.79 Å². The van der Waals surface area contributed by atoms with Gasteiger partial charge in [-0.05, 0) is 25.7 Å². The minimum absolute atomic E-state index is 0.0332. The third-order valence-corrected chi connectivity index (χ3v) is 2.71. The first-order valence-electron chi connectivity index (χ1n) is 5.08. The van der Waals surface area contributed by atoms with Crippen LogP contribution >= 0.6 is 11.6 Å². The molecule has 13 heavy (non-hydrogen) atoms. The Hall–Kier alpha value is -0.240. The van der Waals surface area contributed by atoms with E-state index < -0.39 is 5.38 Å². The summed E-state index contributed by atoms with van der Waals surface area (Å²) >= 11 is 5.67. The van der Waals surface area contributed by atoms with Gasteiger partial charge in [-0.2, -0.15) is 0 Å². The maximum atomic E-state index is 11.3. The minimum atomic E-state index is -0.409. The Morgan fingerprint density at radius 3 is 2.62 bits per heavy atom. The summed E-state index contributed by atoms with van der Waals surface area (Å²) < 4.78 is 0. The molecule has 76 valence electrons. The molecule has 0 aromatic heterocycles. The zero-order valence-electron chi connectivity index (χ0n) is 8.35. The molecule has 1 N–H and O–H groups in total. The predicted molar refractivity (Wildman–Crippen MR) is 54.9 cm³/mol. The first-order valence-corrected chi connectivity index (χ1v) is 5.51. The molecule has 1 amide bonds. The van der Waals surface area contributed by atoms with Gasteiger partial charge in [0.1, 0.15) is 5.38 Å². The fourth-order valence-corrected chi connectivity index (χ4v) is 1.46. The summed E-state index contributed by atoms with van der Waals surface area (Å²) in [6, 6.07) is 0.334. The Morgan fingerprint density at radius 2 is 2.23 bits per heavy atom. The van der Waals surface area contributed by atoms with Gasteiger partial charge in [-0.1, -0.05) is 19.8 Å². The van der Waals surface area contributed by atoms with Crippen LogP contribution in [0.1, 0.15) is 39.5 Å². The lowest BCUT2D eigenvalue weighted by Crippen LogP contribution is -2.38. The van der Waals surface area contributed by atoms with Gasteiger partial charge in [0.2, 0.25) is 5.91 Å². The van der Waals surface area contributed by atoms with Gasteiger partial charge in [-0.25, -0.2) is 0 Å². The molecule has 1 fully saturated rings. The monoisotopic (exact) mass is 203 g/mol. The van der Waals surface area contributed by atoms with Crippen LogP contribution in [-0.4, -0.2) is 17.3 Å². The van der Waals surface area contributed by atoms with Crippen LogP contribution in [0.5, 0.6) is 0 Å². The average molecular weight is 204 g/mol. The van der Waals surface area contributed by atoms with Crippen molar-refractivity contribution in [1.29, 1.82) is 0 Å². The lowest BCUT2D eigenvalue weighted by Gasteiger charge is -2.17. The molecule has 1 rings (SSSR count). The fourth-order valence-electron chi connectivity index (χ4n) is 1.40. The number of amides is 1. The number of carbonyl (C=O) groups excluding carboxylic acids is 1. The van der Waals surface area contributed by atoms with Crippen LogP contribution < -0.4 is 5.32 Å². The molecule has 0 bridgehead atoms. The Labute approximate surface area is 85.0 Å². The molecular weight excluding hydrogens is 186 g/mol. The van der Waals surface area contributed by atoms with Gasteiger partial charge in [0.25, 0.3) is 0 Å². The number of rotatable bonds is 5. The van der Waals surface area contributed by atoms with Crippen LogP contribution in [0, 0.1) is 5.92 Å². The standard InChI is InChI=1S/C10H18ClNO/c1-3-9(6-8-4-5-8)12-10(13)7(2)11/h7-9H,3-6H2,1-2H3,(H,12,13). The number of carbonyl (C=O) groups is 1. The topological polar surface area (TPSA) is 29.1 Å². The molecule has 0 aromatic carbocycles. The van der Waals surface area contributed by atoms with E-state index in [0.29, 0.717) is 6.04 Å². The van der Waals surface area contributed by atoms with Gasteiger partial charge in [0.15, 0.2) is 0 Å². The first-order chi connectivity index (χ1) is 6.13. The van der Waals surface area contributed by atoms with Crippen molar-refractivity contribution >= 4 is 17.5 Å². The quantitative estimate of drug-likeness (QED) is 0.683. The van der Waals surface area contributed by atoms with Gasteiger partial charge >= 0.3 is 0 Å². The minimum Gasteiger partial charge on any atom is -0.352 e. The summed E-state index contributed by atoms with van der Waals surface area (Å²) in [7, 11) is 0. The average Bonchev–Trinajstić information content (AvgIpc) is 2.86. The number of nitrogens with one attached hydrogen (secondary N) is 1. The van der Waals surface area contributed by atoms with Gasteiger partial charge < -0.3 is 5.32 Å². The highest BCUT2D eigenvalue weighted by molar-refractivity contribution is 6.30. The van der Waals surface area contributed by atoms with Crippen LogP contribution in [0.4, 0.5) is 0 Å². The second-order valence-corrected chi connectivity index (χ2v) is 4.56. The SMILES string of the molecule is CCC(CC1CC1)NC(=O)C(C)Cl. The van der Waals surface area contributed by atoms with Crippen LogP contribution in [0.15, 0.2) is 0 Å². The van der Waals surface area contributed by atoms with Crippen LogP contribution in [0.2, 0.25) is 0 Å². The van der Waals surface area contributed by atoms with Gasteiger partial charge in [0, 0.05) is 6.04 Å². The molecule has 0 radical (unpaired) electrons. The Kier molecular flexibility index (Phi) is 4.04. The summed E-state index contributed by atoms with van der Waals surface area (Å²) in [6.45, 7) is 3.81. The normalized spacial score (nSPS) is 20.8. The van der Waals surface area contributed by atoms with E-state index in [1.165, 1.54) is 12.8 Å². The predicted octanol–water partition coefficient (Wildman–Crippen LogP) is 2.31. The molecule has 1 aliphatic carbocycles. The van der Waals surface area contributed by atoms with Gasteiger partial charge in [-0.3, -0.25) is 4.79 Å². The van der Waals surface area contributed by atoms with Crippen molar-refractivity contribution in [1.82, 2.24) is 5.32 Å². The molecule has 2 atom stereocenters. The zero-order valence-corrected chi connectivity index (χ0v) is 9.10. The molecule has 1 saturated carbocycles. The molecule has 0 aromatic rings. The second kappa shape index (κ2) is 4.85. The lowest BCUT2D eigenvalue weighted by atomic mass is 10.1. The van der Waals surface area contributed by atoms with E-state index in [-0.39, 0.29) is 5.91 Å². The maximum absolute atomic E-state index is 11.3. The molecule has 0 spiro atoms. The van der Waals surface area contributed by atoms with Gasteiger partial charge in [0.05, 0.1) is 0 Å². The zero-order chi connectivity index (χ0) is 9.84. The van der Waals surface area contributed by atoms with Crippen molar-refractivity contribution in [2.75, 3.05) is 0 Å². The summed E-state index contributed by atoms with van der Waals surface area (Å²) in [5, 5.41) is 2.56. The molecule has 0 saturated heterocycles. The summed E-state index contributed by atoms with van der Waals surface area (Å²) in [5.74, 6) is 0.824. The van der Waals surface area contributed by atoms with E-state index in [1.807, 2.05) is 0 Å². The van der Waals surface area contributed by atoms with E-state index in [2.05, 4.69) is 12.2 Å². The molecule has 2 unspecified atom stereocenters. The van der Waals surface area contributed by atoms with Crippen molar-refractivity contribution in [2.45, 2.75) is 50.9 Å². The largest absolute Gasteiger partial charge is 0.352 e. The Morgan fingerprint density at radius 1 is 1.62 bits per heavy atom. The van der Waals surface area contributed by atoms with Crippen molar-refractivity contribution in [3.05, 3.63) is 0 Å². The fraction of sp³-hybridized carbons (Fsp3) is 0.900. The van der Waals surface area contributed by atoms with E-state index >= 15 is 0 Å². The molecule has 0 aliphatic heterocycles. The maximum Gasteiger partial charge on any atom is 0.237 e. The summed E-state index contributed by atoms with van der Waals surface area (Å²) in [5.41, 5.74) is 0. The highest BCUT2D eigenvalue weighted by Gasteiger charge is 2.25. The van der Waals surface area contributed by atoms with E-state index in [1.54, 1.807) is 6.92 Å². The molecular formula is C10H18ClNO. The second-order valence-electron chi connectivity index (χ2n) is 3.91.